The summed E-state index contributed by atoms with van der Waals surface area (Å²) < 4.78 is 10.9. The highest BCUT2D eigenvalue weighted by molar-refractivity contribution is 5.81. The topological polar surface area (TPSA) is 73.6 Å². The van der Waals surface area contributed by atoms with Crippen LogP contribution in [0.15, 0.2) is 0 Å². The molecular weight excluding hydrogens is 232 g/mol. The lowest BCUT2D eigenvalue weighted by atomic mass is 10.1. The third-order valence-electron chi connectivity index (χ3n) is 3.11. The number of hydrogen-bond donors (Lipinski definition) is 2. The van der Waals surface area contributed by atoms with E-state index in [2.05, 4.69) is 5.32 Å². The highest BCUT2D eigenvalue weighted by atomic mass is 16.5. The molecule has 1 saturated heterocycles. The summed E-state index contributed by atoms with van der Waals surface area (Å²) in [4.78, 5) is 11.5. The number of amides is 1. The number of ether oxygens (including phenoxy) is 2. The van der Waals surface area contributed by atoms with E-state index >= 15 is 0 Å². The Hall–Kier alpha value is -0.650. The molecule has 5 heteroatoms. The van der Waals surface area contributed by atoms with Crippen LogP contribution < -0.4 is 11.1 Å². The van der Waals surface area contributed by atoms with Crippen LogP contribution in [0.4, 0.5) is 0 Å². The summed E-state index contributed by atoms with van der Waals surface area (Å²) in [7, 11) is 0. The molecule has 0 radical (unpaired) electrons. The smallest absolute Gasteiger partial charge is 0.237 e. The Bertz CT molecular complexity index is 240. The van der Waals surface area contributed by atoms with Crippen LogP contribution in [0.25, 0.3) is 0 Å². The number of nitrogens with one attached hydrogen (secondary N) is 1. The van der Waals surface area contributed by atoms with Crippen molar-refractivity contribution in [3.63, 3.8) is 0 Å². The first-order chi connectivity index (χ1) is 8.61. The average molecular weight is 258 g/mol. The molecule has 0 spiro atoms. The zero-order chi connectivity index (χ0) is 13.4. The number of carbonyl (C=O) groups is 1. The van der Waals surface area contributed by atoms with E-state index in [0.717, 1.165) is 25.9 Å². The highest BCUT2D eigenvalue weighted by Gasteiger charge is 2.16. The summed E-state index contributed by atoms with van der Waals surface area (Å²) in [5.74, 6) is 0.0879. The number of nitrogens with two attached hydrogens (primary N) is 1. The van der Waals surface area contributed by atoms with Gasteiger partial charge in [0.2, 0.25) is 5.91 Å². The first-order valence-corrected chi connectivity index (χ1v) is 6.84. The number of hydrogen-bond acceptors (Lipinski definition) is 4. The molecule has 0 aromatic heterocycles. The summed E-state index contributed by atoms with van der Waals surface area (Å²) in [6, 6.07) is -0.419. The lowest BCUT2D eigenvalue weighted by Crippen LogP contribution is -2.44. The SMILES string of the molecule is CC(C)[C@H](N)C(=O)NCCCOCC1CCCO1. The van der Waals surface area contributed by atoms with E-state index in [1.807, 2.05) is 13.8 Å². The molecule has 106 valence electrons. The third-order valence-corrected chi connectivity index (χ3v) is 3.11. The van der Waals surface area contributed by atoms with Crippen LogP contribution in [-0.2, 0) is 14.3 Å². The van der Waals surface area contributed by atoms with E-state index in [0.29, 0.717) is 19.8 Å². The third kappa shape index (κ3) is 5.80. The number of carbonyl (C=O) groups excluding carboxylic acids is 1. The Labute approximate surface area is 109 Å². The van der Waals surface area contributed by atoms with Crippen molar-refractivity contribution in [2.24, 2.45) is 11.7 Å². The van der Waals surface area contributed by atoms with E-state index in [1.54, 1.807) is 0 Å². The second-order valence-corrected chi connectivity index (χ2v) is 5.12. The predicted molar refractivity (Wildman–Crippen MR) is 70.2 cm³/mol. The Morgan fingerprint density at radius 1 is 1.56 bits per heavy atom. The standard InChI is InChI=1S/C13H26N2O3/c1-10(2)12(14)13(16)15-6-4-7-17-9-11-5-3-8-18-11/h10-12H,3-9,14H2,1-2H3,(H,15,16)/t11?,12-/m0/s1. The van der Waals surface area contributed by atoms with Gasteiger partial charge >= 0.3 is 0 Å². The van der Waals surface area contributed by atoms with E-state index in [1.165, 1.54) is 0 Å². The Morgan fingerprint density at radius 3 is 2.94 bits per heavy atom. The van der Waals surface area contributed by atoms with Gasteiger partial charge in [0, 0.05) is 19.8 Å². The van der Waals surface area contributed by atoms with Gasteiger partial charge in [0.25, 0.3) is 0 Å². The highest BCUT2D eigenvalue weighted by Crippen LogP contribution is 2.11. The van der Waals surface area contributed by atoms with Crippen molar-refractivity contribution in [2.45, 2.75) is 45.3 Å². The maximum absolute atomic E-state index is 11.5. The second-order valence-electron chi connectivity index (χ2n) is 5.12. The summed E-state index contributed by atoms with van der Waals surface area (Å²) in [5, 5.41) is 2.82. The monoisotopic (exact) mass is 258 g/mol. The minimum Gasteiger partial charge on any atom is -0.379 e. The van der Waals surface area contributed by atoms with Gasteiger partial charge in [0.1, 0.15) is 0 Å². The fourth-order valence-corrected chi connectivity index (χ4v) is 1.80. The van der Waals surface area contributed by atoms with Gasteiger partial charge < -0.3 is 20.5 Å². The van der Waals surface area contributed by atoms with Gasteiger partial charge in [-0.05, 0) is 25.2 Å². The molecule has 0 aliphatic carbocycles. The van der Waals surface area contributed by atoms with Gasteiger partial charge in [-0.25, -0.2) is 0 Å². The zero-order valence-corrected chi connectivity index (χ0v) is 11.5. The molecule has 0 aromatic carbocycles. The molecule has 0 saturated carbocycles. The van der Waals surface area contributed by atoms with Crippen molar-refractivity contribution in [3.05, 3.63) is 0 Å². The van der Waals surface area contributed by atoms with Crippen molar-refractivity contribution in [1.29, 1.82) is 0 Å². The molecule has 0 aromatic rings. The van der Waals surface area contributed by atoms with Gasteiger partial charge in [-0.1, -0.05) is 13.8 Å². The molecule has 1 unspecified atom stereocenters. The van der Waals surface area contributed by atoms with Gasteiger partial charge in [0.05, 0.1) is 18.8 Å². The summed E-state index contributed by atoms with van der Waals surface area (Å²) in [5.41, 5.74) is 5.72. The first kappa shape index (κ1) is 15.4. The van der Waals surface area contributed by atoms with Crippen LogP contribution in [0, 0.1) is 5.92 Å². The van der Waals surface area contributed by atoms with Crippen LogP contribution in [0.5, 0.6) is 0 Å². The Balaban J connectivity index is 1.93. The van der Waals surface area contributed by atoms with Gasteiger partial charge in [0.15, 0.2) is 0 Å². The van der Waals surface area contributed by atoms with Crippen LogP contribution in [0.2, 0.25) is 0 Å². The fraction of sp³-hybridized carbons (Fsp3) is 0.923. The van der Waals surface area contributed by atoms with Crippen LogP contribution in [-0.4, -0.2) is 44.4 Å². The fourth-order valence-electron chi connectivity index (χ4n) is 1.80. The summed E-state index contributed by atoms with van der Waals surface area (Å²) in [6.45, 7) is 6.67. The minimum absolute atomic E-state index is 0.0795. The maximum Gasteiger partial charge on any atom is 0.237 e. The van der Waals surface area contributed by atoms with Crippen molar-refractivity contribution < 1.29 is 14.3 Å². The van der Waals surface area contributed by atoms with Crippen molar-refractivity contribution in [2.75, 3.05) is 26.4 Å². The van der Waals surface area contributed by atoms with E-state index in [-0.39, 0.29) is 17.9 Å². The molecule has 1 aliphatic rings. The molecule has 1 amide bonds. The van der Waals surface area contributed by atoms with E-state index in [4.69, 9.17) is 15.2 Å². The van der Waals surface area contributed by atoms with Crippen molar-refractivity contribution in [1.82, 2.24) is 5.32 Å². The van der Waals surface area contributed by atoms with E-state index < -0.39 is 6.04 Å². The molecule has 3 N–H and O–H groups in total. The van der Waals surface area contributed by atoms with Gasteiger partial charge in [-0.2, -0.15) is 0 Å². The lowest BCUT2D eigenvalue weighted by molar-refractivity contribution is -0.123. The second kappa shape index (κ2) is 8.45. The molecule has 1 heterocycles. The van der Waals surface area contributed by atoms with Crippen molar-refractivity contribution >= 4 is 5.91 Å². The Morgan fingerprint density at radius 2 is 2.33 bits per heavy atom. The van der Waals surface area contributed by atoms with Gasteiger partial charge in [-0.3, -0.25) is 4.79 Å². The van der Waals surface area contributed by atoms with E-state index in [9.17, 15) is 4.79 Å². The zero-order valence-electron chi connectivity index (χ0n) is 11.5. The van der Waals surface area contributed by atoms with Gasteiger partial charge in [-0.15, -0.1) is 0 Å². The molecule has 1 rings (SSSR count). The lowest BCUT2D eigenvalue weighted by Gasteiger charge is -2.15. The summed E-state index contributed by atoms with van der Waals surface area (Å²) in [6.07, 6.45) is 3.31. The quantitative estimate of drug-likeness (QED) is 0.628. The summed E-state index contributed by atoms with van der Waals surface area (Å²) >= 11 is 0. The molecule has 1 aliphatic heterocycles. The minimum atomic E-state index is -0.419. The van der Waals surface area contributed by atoms with Crippen LogP contribution in [0.3, 0.4) is 0 Å². The van der Waals surface area contributed by atoms with Crippen molar-refractivity contribution in [3.8, 4) is 0 Å². The normalized spacial score (nSPS) is 21.2. The molecule has 18 heavy (non-hydrogen) atoms. The first-order valence-electron chi connectivity index (χ1n) is 6.84. The molecule has 2 atom stereocenters. The molecule has 5 nitrogen and oxygen atoms in total. The average Bonchev–Trinajstić information content (AvgIpc) is 2.85. The largest absolute Gasteiger partial charge is 0.379 e. The molecule has 0 bridgehead atoms. The molecule has 1 fully saturated rings. The Kier molecular flexibility index (Phi) is 7.23. The van der Waals surface area contributed by atoms with Crippen LogP contribution in [0.1, 0.15) is 33.1 Å². The maximum atomic E-state index is 11.5. The molecular formula is C13H26N2O3. The number of rotatable bonds is 8. The van der Waals surface area contributed by atoms with Crippen LogP contribution >= 0.6 is 0 Å². The predicted octanol–water partition coefficient (Wildman–Crippen LogP) is 0.672.